The number of nitrogens with one attached hydrogen (secondary N) is 1. The molecule has 4 nitrogen and oxygen atoms in total. The van der Waals surface area contributed by atoms with E-state index in [0.29, 0.717) is 16.3 Å². The van der Waals surface area contributed by atoms with Gasteiger partial charge in [-0.1, -0.05) is 17.5 Å². The minimum Gasteiger partial charge on any atom is -0.398 e. The monoisotopic (exact) mass is 258 g/mol. The molecule has 0 heterocycles. The molecule has 0 bridgehead atoms. The van der Waals surface area contributed by atoms with E-state index in [1.54, 1.807) is 6.92 Å². The van der Waals surface area contributed by atoms with Crippen LogP contribution in [0.15, 0.2) is 17.0 Å². The van der Waals surface area contributed by atoms with Crippen LogP contribution in [0.5, 0.6) is 0 Å². The first-order valence-electron chi connectivity index (χ1n) is 4.37. The topological polar surface area (TPSA) is 72.2 Å². The minimum atomic E-state index is -3.64. The Bertz CT molecular complexity index is 523. The van der Waals surface area contributed by atoms with Crippen molar-refractivity contribution in [3.8, 4) is 12.3 Å². The molecular weight excluding hydrogens is 248 g/mol. The maximum atomic E-state index is 11.7. The van der Waals surface area contributed by atoms with Crippen LogP contribution in [0.2, 0.25) is 5.02 Å². The highest BCUT2D eigenvalue weighted by Crippen LogP contribution is 2.25. The molecule has 0 fully saturated rings. The standard InChI is InChI=1S/C10H11ClN2O2S/c1-3-4-13-16(14,15)8-5-9(11)7(2)10(12)6-8/h1,5-6,13H,4,12H2,2H3. The van der Waals surface area contributed by atoms with Crippen LogP contribution in [0.3, 0.4) is 0 Å². The smallest absolute Gasteiger partial charge is 0.241 e. The van der Waals surface area contributed by atoms with Gasteiger partial charge < -0.3 is 5.73 Å². The molecule has 0 amide bonds. The van der Waals surface area contributed by atoms with Gasteiger partial charge in [-0.15, -0.1) is 6.42 Å². The summed E-state index contributed by atoms with van der Waals surface area (Å²) in [5, 5.41) is 0.307. The molecule has 0 radical (unpaired) electrons. The van der Waals surface area contributed by atoms with Crippen LogP contribution in [-0.2, 0) is 10.0 Å². The molecule has 0 saturated carbocycles. The minimum absolute atomic E-state index is 0.0100. The fraction of sp³-hybridized carbons (Fsp3) is 0.200. The van der Waals surface area contributed by atoms with Crippen molar-refractivity contribution in [2.75, 3.05) is 12.3 Å². The molecule has 0 aliphatic carbocycles. The number of hydrogen-bond donors (Lipinski definition) is 2. The number of terminal acetylenes is 1. The summed E-state index contributed by atoms with van der Waals surface area (Å²) in [4.78, 5) is 0.0100. The number of benzene rings is 1. The third kappa shape index (κ3) is 2.67. The Kier molecular flexibility index (Phi) is 3.81. The van der Waals surface area contributed by atoms with E-state index in [-0.39, 0.29) is 11.4 Å². The third-order valence-electron chi connectivity index (χ3n) is 2.03. The molecule has 6 heteroatoms. The maximum absolute atomic E-state index is 11.7. The molecule has 0 unspecified atom stereocenters. The summed E-state index contributed by atoms with van der Waals surface area (Å²) in [6, 6.07) is 2.69. The molecule has 0 atom stereocenters. The summed E-state index contributed by atoms with van der Waals surface area (Å²) in [6.45, 7) is 1.64. The fourth-order valence-corrected chi connectivity index (χ4v) is 2.34. The zero-order valence-corrected chi connectivity index (χ0v) is 10.2. The molecule has 86 valence electrons. The second-order valence-electron chi connectivity index (χ2n) is 3.15. The number of hydrogen-bond acceptors (Lipinski definition) is 3. The number of anilines is 1. The van der Waals surface area contributed by atoms with Crippen LogP contribution >= 0.6 is 11.6 Å². The van der Waals surface area contributed by atoms with E-state index in [2.05, 4.69) is 10.6 Å². The zero-order chi connectivity index (χ0) is 12.3. The van der Waals surface area contributed by atoms with Gasteiger partial charge in [-0.3, -0.25) is 0 Å². The van der Waals surface area contributed by atoms with Crippen LogP contribution in [-0.4, -0.2) is 15.0 Å². The lowest BCUT2D eigenvalue weighted by Gasteiger charge is -2.08. The van der Waals surface area contributed by atoms with Gasteiger partial charge in [0, 0.05) is 10.7 Å². The second kappa shape index (κ2) is 4.74. The van der Waals surface area contributed by atoms with Gasteiger partial charge >= 0.3 is 0 Å². The Morgan fingerprint density at radius 3 is 2.69 bits per heavy atom. The van der Waals surface area contributed by atoms with E-state index < -0.39 is 10.0 Å². The van der Waals surface area contributed by atoms with E-state index in [1.165, 1.54) is 12.1 Å². The largest absolute Gasteiger partial charge is 0.398 e. The Morgan fingerprint density at radius 1 is 1.56 bits per heavy atom. The van der Waals surface area contributed by atoms with E-state index in [1.807, 2.05) is 0 Å². The first kappa shape index (κ1) is 12.8. The van der Waals surface area contributed by atoms with E-state index >= 15 is 0 Å². The van der Waals surface area contributed by atoms with Gasteiger partial charge in [-0.25, -0.2) is 8.42 Å². The van der Waals surface area contributed by atoms with Gasteiger partial charge in [0.05, 0.1) is 11.4 Å². The normalized spacial score (nSPS) is 11.1. The molecule has 0 aromatic heterocycles. The van der Waals surface area contributed by atoms with Gasteiger partial charge in [0.15, 0.2) is 0 Å². The Labute approximate surface area is 99.8 Å². The predicted octanol–water partition coefficient (Wildman–Crippen LogP) is 1.14. The van der Waals surface area contributed by atoms with Gasteiger partial charge in [0.2, 0.25) is 10.0 Å². The Morgan fingerprint density at radius 2 is 2.19 bits per heavy atom. The number of halogens is 1. The molecule has 3 N–H and O–H groups in total. The molecule has 1 aromatic rings. The van der Waals surface area contributed by atoms with Gasteiger partial charge in [-0.05, 0) is 24.6 Å². The van der Waals surface area contributed by atoms with Crippen molar-refractivity contribution in [1.82, 2.24) is 4.72 Å². The van der Waals surface area contributed by atoms with Crippen LogP contribution in [0.25, 0.3) is 0 Å². The molecule has 0 saturated heterocycles. The van der Waals surface area contributed by atoms with Gasteiger partial charge in [-0.2, -0.15) is 4.72 Å². The van der Waals surface area contributed by atoms with E-state index in [4.69, 9.17) is 23.8 Å². The summed E-state index contributed by atoms with van der Waals surface area (Å²) in [7, 11) is -3.64. The van der Waals surface area contributed by atoms with Crippen LogP contribution < -0.4 is 10.5 Å². The van der Waals surface area contributed by atoms with Crippen LogP contribution in [0, 0.1) is 19.3 Å². The first-order chi connectivity index (χ1) is 7.38. The van der Waals surface area contributed by atoms with Crippen LogP contribution in [0.4, 0.5) is 5.69 Å². The summed E-state index contributed by atoms with van der Waals surface area (Å²) in [5.74, 6) is 2.18. The molecule has 0 aliphatic heterocycles. The third-order valence-corrected chi connectivity index (χ3v) is 3.81. The van der Waals surface area contributed by atoms with Crippen molar-refractivity contribution >= 4 is 27.3 Å². The van der Waals surface area contributed by atoms with Crippen molar-refractivity contribution < 1.29 is 8.42 Å². The summed E-state index contributed by atoms with van der Waals surface area (Å²) in [5.41, 5.74) is 6.61. The average Bonchev–Trinajstić information content (AvgIpc) is 2.22. The van der Waals surface area contributed by atoms with Crippen molar-refractivity contribution in [3.05, 3.63) is 22.7 Å². The second-order valence-corrected chi connectivity index (χ2v) is 5.32. The summed E-state index contributed by atoms with van der Waals surface area (Å²) in [6.07, 6.45) is 4.97. The molecule has 0 aliphatic rings. The van der Waals surface area contributed by atoms with Crippen molar-refractivity contribution in [2.24, 2.45) is 0 Å². The Hall–Kier alpha value is -1.22. The Balaban J connectivity index is 3.21. The average molecular weight is 259 g/mol. The summed E-state index contributed by atoms with van der Waals surface area (Å²) < 4.78 is 25.6. The first-order valence-corrected chi connectivity index (χ1v) is 6.23. The zero-order valence-electron chi connectivity index (χ0n) is 8.62. The predicted molar refractivity (Wildman–Crippen MR) is 64.6 cm³/mol. The number of rotatable bonds is 3. The van der Waals surface area contributed by atoms with Gasteiger partial charge in [0.25, 0.3) is 0 Å². The molecular formula is C10H11ClN2O2S. The van der Waals surface area contributed by atoms with Gasteiger partial charge in [0.1, 0.15) is 0 Å². The number of nitrogens with two attached hydrogens (primary N) is 1. The fourth-order valence-electron chi connectivity index (χ4n) is 1.05. The lowest BCUT2D eigenvalue weighted by atomic mass is 10.2. The molecule has 1 rings (SSSR count). The number of sulfonamides is 1. The molecule has 1 aromatic carbocycles. The highest BCUT2D eigenvalue weighted by atomic mass is 35.5. The van der Waals surface area contributed by atoms with E-state index in [0.717, 1.165) is 0 Å². The van der Waals surface area contributed by atoms with Crippen molar-refractivity contribution in [3.63, 3.8) is 0 Å². The lowest BCUT2D eigenvalue weighted by molar-refractivity contribution is 0.586. The quantitative estimate of drug-likeness (QED) is 0.631. The number of nitrogen functional groups attached to an aromatic ring is 1. The summed E-state index contributed by atoms with van der Waals surface area (Å²) >= 11 is 5.85. The highest BCUT2D eigenvalue weighted by Gasteiger charge is 2.15. The van der Waals surface area contributed by atoms with Crippen LogP contribution in [0.1, 0.15) is 5.56 Å². The molecule has 16 heavy (non-hydrogen) atoms. The van der Waals surface area contributed by atoms with Crippen molar-refractivity contribution in [1.29, 1.82) is 0 Å². The molecule has 0 spiro atoms. The van der Waals surface area contributed by atoms with E-state index in [9.17, 15) is 8.42 Å². The SMILES string of the molecule is C#CCNS(=O)(=O)c1cc(N)c(C)c(Cl)c1. The maximum Gasteiger partial charge on any atom is 0.241 e. The lowest BCUT2D eigenvalue weighted by Crippen LogP contribution is -2.24. The van der Waals surface area contributed by atoms with Crippen molar-refractivity contribution in [2.45, 2.75) is 11.8 Å². The highest BCUT2D eigenvalue weighted by molar-refractivity contribution is 7.89.